The third-order valence-corrected chi connectivity index (χ3v) is 2.73. The van der Waals surface area contributed by atoms with Crippen molar-refractivity contribution < 1.29 is 9.53 Å². The minimum absolute atomic E-state index is 0.122. The zero-order chi connectivity index (χ0) is 10.6. The van der Waals surface area contributed by atoms with E-state index in [0.29, 0.717) is 13.0 Å². The molecule has 0 aliphatic carbocycles. The molecule has 1 fully saturated rings. The molecule has 0 radical (unpaired) electrons. The molecule has 4 nitrogen and oxygen atoms in total. The fourth-order valence-electron chi connectivity index (χ4n) is 1.88. The highest BCUT2D eigenvalue weighted by molar-refractivity contribution is 5.69. The number of hydrogen-bond acceptors (Lipinski definition) is 4. The Morgan fingerprint density at radius 3 is 3.00 bits per heavy atom. The van der Waals surface area contributed by atoms with E-state index in [1.807, 2.05) is 6.92 Å². The summed E-state index contributed by atoms with van der Waals surface area (Å²) in [6, 6.07) is 0.149. The van der Waals surface area contributed by atoms with Crippen molar-refractivity contribution in [1.82, 2.24) is 4.90 Å². The van der Waals surface area contributed by atoms with Crippen LogP contribution >= 0.6 is 0 Å². The molecule has 2 unspecified atom stereocenters. The van der Waals surface area contributed by atoms with E-state index < -0.39 is 0 Å². The second-order valence-corrected chi connectivity index (χ2v) is 3.98. The summed E-state index contributed by atoms with van der Waals surface area (Å²) in [6.07, 6.45) is 1.43. The highest BCUT2D eigenvalue weighted by Gasteiger charge is 2.27. The summed E-state index contributed by atoms with van der Waals surface area (Å²) in [7, 11) is 2.06. The number of rotatable bonds is 3. The molecule has 0 amide bonds. The van der Waals surface area contributed by atoms with Gasteiger partial charge in [-0.3, -0.25) is 4.79 Å². The third-order valence-electron chi connectivity index (χ3n) is 2.73. The normalized spacial score (nSPS) is 28.8. The number of carbonyl (C=O) groups excluding carboxylic acids is 1. The smallest absolute Gasteiger partial charge is 0.306 e. The Labute approximate surface area is 85.4 Å². The van der Waals surface area contributed by atoms with Gasteiger partial charge in [0.25, 0.3) is 0 Å². The van der Waals surface area contributed by atoms with Crippen LogP contribution in [-0.2, 0) is 9.53 Å². The lowest BCUT2D eigenvalue weighted by molar-refractivity contribution is -0.144. The Morgan fingerprint density at radius 1 is 1.64 bits per heavy atom. The van der Waals surface area contributed by atoms with Gasteiger partial charge in [-0.25, -0.2) is 0 Å². The Kier molecular flexibility index (Phi) is 4.35. The first-order valence-corrected chi connectivity index (χ1v) is 5.23. The van der Waals surface area contributed by atoms with Gasteiger partial charge in [-0.2, -0.15) is 0 Å². The summed E-state index contributed by atoms with van der Waals surface area (Å²) in [6.45, 7) is 4.21. The van der Waals surface area contributed by atoms with Crippen LogP contribution in [-0.4, -0.2) is 43.7 Å². The molecule has 1 aliphatic heterocycles. The van der Waals surface area contributed by atoms with Crippen molar-refractivity contribution in [1.29, 1.82) is 0 Å². The zero-order valence-electron chi connectivity index (χ0n) is 9.03. The van der Waals surface area contributed by atoms with Crippen molar-refractivity contribution in [3.63, 3.8) is 0 Å². The van der Waals surface area contributed by atoms with E-state index >= 15 is 0 Å². The molecule has 14 heavy (non-hydrogen) atoms. The van der Waals surface area contributed by atoms with E-state index in [-0.39, 0.29) is 17.9 Å². The van der Waals surface area contributed by atoms with Crippen molar-refractivity contribution in [2.24, 2.45) is 11.7 Å². The minimum atomic E-state index is -0.122. The van der Waals surface area contributed by atoms with Gasteiger partial charge >= 0.3 is 5.97 Å². The molecule has 4 heteroatoms. The van der Waals surface area contributed by atoms with E-state index in [2.05, 4.69) is 11.9 Å². The summed E-state index contributed by atoms with van der Waals surface area (Å²) in [5, 5.41) is 0. The van der Waals surface area contributed by atoms with Crippen LogP contribution < -0.4 is 5.73 Å². The molecule has 82 valence electrons. The van der Waals surface area contributed by atoms with Crippen molar-refractivity contribution >= 4 is 5.97 Å². The molecule has 1 rings (SSSR count). The monoisotopic (exact) mass is 200 g/mol. The summed E-state index contributed by atoms with van der Waals surface area (Å²) in [5.74, 6) is 0.135. The predicted molar refractivity (Wildman–Crippen MR) is 54.8 cm³/mol. The average Bonchev–Trinajstić information content (AvgIpc) is 2.12. The van der Waals surface area contributed by atoms with Crippen LogP contribution in [0, 0.1) is 5.92 Å². The second kappa shape index (κ2) is 5.32. The Morgan fingerprint density at radius 2 is 2.36 bits per heavy atom. The number of piperidine rings is 1. The van der Waals surface area contributed by atoms with Crippen molar-refractivity contribution in [3.8, 4) is 0 Å². The lowest BCUT2D eigenvalue weighted by Gasteiger charge is -2.34. The SMILES string of the molecule is CCOC(=O)CC1CN(C)CCC1N. The number of nitrogens with two attached hydrogens (primary N) is 1. The summed E-state index contributed by atoms with van der Waals surface area (Å²) < 4.78 is 4.92. The highest BCUT2D eigenvalue weighted by atomic mass is 16.5. The van der Waals surface area contributed by atoms with Gasteiger partial charge in [0.2, 0.25) is 0 Å². The molecule has 0 aromatic heterocycles. The van der Waals surface area contributed by atoms with Crippen LogP contribution in [0.25, 0.3) is 0 Å². The summed E-state index contributed by atoms with van der Waals surface area (Å²) in [4.78, 5) is 13.5. The average molecular weight is 200 g/mol. The van der Waals surface area contributed by atoms with Crippen LogP contribution in [0.5, 0.6) is 0 Å². The first-order valence-electron chi connectivity index (χ1n) is 5.23. The Bertz CT molecular complexity index is 197. The molecule has 0 saturated carbocycles. The van der Waals surface area contributed by atoms with E-state index in [4.69, 9.17) is 10.5 Å². The maximum atomic E-state index is 11.3. The van der Waals surface area contributed by atoms with Gasteiger partial charge in [-0.1, -0.05) is 0 Å². The van der Waals surface area contributed by atoms with Gasteiger partial charge in [0.15, 0.2) is 0 Å². The van der Waals surface area contributed by atoms with Crippen molar-refractivity contribution in [2.75, 3.05) is 26.7 Å². The molecule has 1 aliphatic rings. The van der Waals surface area contributed by atoms with Crippen LogP contribution in [0.1, 0.15) is 19.8 Å². The van der Waals surface area contributed by atoms with Crippen molar-refractivity contribution in [2.45, 2.75) is 25.8 Å². The van der Waals surface area contributed by atoms with Gasteiger partial charge in [0.05, 0.1) is 13.0 Å². The van der Waals surface area contributed by atoms with Crippen molar-refractivity contribution in [3.05, 3.63) is 0 Å². The van der Waals surface area contributed by atoms with Gasteiger partial charge in [-0.05, 0) is 32.9 Å². The molecule has 2 N–H and O–H groups in total. The van der Waals surface area contributed by atoms with E-state index in [0.717, 1.165) is 19.5 Å². The van der Waals surface area contributed by atoms with Gasteiger partial charge in [0, 0.05) is 12.6 Å². The van der Waals surface area contributed by atoms with Crippen LogP contribution in [0.2, 0.25) is 0 Å². The van der Waals surface area contributed by atoms with E-state index in [9.17, 15) is 4.79 Å². The molecular weight excluding hydrogens is 180 g/mol. The predicted octanol–water partition coefficient (Wildman–Crippen LogP) is 0.219. The third kappa shape index (κ3) is 3.27. The Balaban J connectivity index is 2.37. The zero-order valence-corrected chi connectivity index (χ0v) is 9.03. The number of hydrogen-bond donors (Lipinski definition) is 1. The molecule has 2 atom stereocenters. The first kappa shape index (κ1) is 11.5. The number of likely N-dealkylation sites (tertiary alicyclic amines) is 1. The fraction of sp³-hybridized carbons (Fsp3) is 0.900. The largest absolute Gasteiger partial charge is 0.466 e. The van der Waals surface area contributed by atoms with Crippen LogP contribution in [0.3, 0.4) is 0 Å². The molecule has 1 heterocycles. The fourth-order valence-corrected chi connectivity index (χ4v) is 1.88. The molecular formula is C10H20N2O2. The summed E-state index contributed by atoms with van der Waals surface area (Å²) >= 11 is 0. The lowest BCUT2D eigenvalue weighted by Crippen LogP contribution is -2.46. The molecule has 0 aromatic rings. The molecule has 0 aromatic carbocycles. The maximum absolute atomic E-state index is 11.3. The van der Waals surface area contributed by atoms with E-state index in [1.165, 1.54) is 0 Å². The quantitative estimate of drug-likeness (QED) is 0.662. The van der Waals surface area contributed by atoms with Crippen LogP contribution in [0.4, 0.5) is 0 Å². The first-order chi connectivity index (χ1) is 6.63. The second-order valence-electron chi connectivity index (χ2n) is 3.98. The number of ether oxygens (including phenoxy) is 1. The number of esters is 1. The summed E-state index contributed by atoms with van der Waals surface area (Å²) in [5.41, 5.74) is 5.95. The topological polar surface area (TPSA) is 55.6 Å². The minimum Gasteiger partial charge on any atom is -0.466 e. The molecule has 1 saturated heterocycles. The van der Waals surface area contributed by atoms with Gasteiger partial charge in [0.1, 0.15) is 0 Å². The molecule has 0 spiro atoms. The number of nitrogens with zero attached hydrogens (tertiary/aromatic N) is 1. The Hall–Kier alpha value is -0.610. The van der Waals surface area contributed by atoms with Crippen LogP contribution in [0.15, 0.2) is 0 Å². The van der Waals surface area contributed by atoms with Gasteiger partial charge in [-0.15, -0.1) is 0 Å². The lowest BCUT2D eigenvalue weighted by atomic mass is 9.90. The van der Waals surface area contributed by atoms with Gasteiger partial charge < -0.3 is 15.4 Å². The van der Waals surface area contributed by atoms with E-state index in [1.54, 1.807) is 0 Å². The standard InChI is InChI=1S/C10H20N2O2/c1-3-14-10(13)6-8-7-12(2)5-4-9(8)11/h8-9H,3-7,11H2,1-2H3. The maximum Gasteiger partial charge on any atom is 0.306 e. The molecule has 0 bridgehead atoms. The highest BCUT2D eigenvalue weighted by Crippen LogP contribution is 2.18. The number of carbonyl (C=O) groups is 1.